The van der Waals surface area contributed by atoms with Gasteiger partial charge in [-0.2, -0.15) is 0 Å². The lowest BCUT2D eigenvalue weighted by molar-refractivity contribution is 0.0893. The molecule has 3 aromatic rings. The SMILES string of the molecule is COC1CCCN(c2ccc(NC(=O)c3ccc(Oc4ccccc4)cc3)cc2)C1. The number of hydrogen-bond donors (Lipinski definition) is 1. The second kappa shape index (κ2) is 9.46. The average Bonchev–Trinajstić information content (AvgIpc) is 2.81. The van der Waals surface area contributed by atoms with Crippen molar-refractivity contribution in [1.29, 1.82) is 0 Å². The zero-order valence-electron chi connectivity index (χ0n) is 17.1. The van der Waals surface area contributed by atoms with Gasteiger partial charge in [-0.05, 0) is 73.5 Å². The van der Waals surface area contributed by atoms with Crippen molar-refractivity contribution in [2.75, 3.05) is 30.4 Å². The van der Waals surface area contributed by atoms with E-state index in [4.69, 9.17) is 9.47 Å². The van der Waals surface area contributed by atoms with Gasteiger partial charge in [0.25, 0.3) is 5.91 Å². The highest BCUT2D eigenvalue weighted by Crippen LogP contribution is 2.24. The number of methoxy groups -OCH3 is 1. The number of para-hydroxylation sites is 1. The fraction of sp³-hybridized carbons (Fsp3) is 0.240. The van der Waals surface area contributed by atoms with Crippen molar-refractivity contribution < 1.29 is 14.3 Å². The van der Waals surface area contributed by atoms with Gasteiger partial charge in [0.05, 0.1) is 6.10 Å². The van der Waals surface area contributed by atoms with E-state index in [0.29, 0.717) is 11.3 Å². The summed E-state index contributed by atoms with van der Waals surface area (Å²) in [5.74, 6) is 1.31. The first-order chi connectivity index (χ1) is 14.7. The van der Waals surface area contributed by atoms with E-state index < -0.39 is 0 Å². The van der Waals surface area contributed by atoms with Crippen LogP contribution in [0.1, 0.15) is 23.2 Å². The molecule has 1 saturated heterocycles. The monoisotopic (exact) mass is 402 g/mol. The van der Waals surface area contributed by atoms with Gasteiger partial charge in [-0.1, -0.05) is 18.2 Å². The number of anilines is 2. The maximum absolute atomic E-state index is 12.6. The number of carbonyl (C=O) groups excluding carboxylic acids is 1. The molecule has 1 aliphatic rings. The van der Waals surface area contributed by atoms with Gasteiger partial charge < -0.3 is 19.7 Å². The van der Waals surface area contributed by atoms with Crippen LogP contribution in [0.4, 0.5) is 11.4 Å². The quantitative estimate of drug-likeness (QED) is 0.604. The van der Waals surface area contributed by atoms with Crippen molar-refractivity contribution in [1.82, 2.24) is 0 Å². The van der Waals surface area contributed by atoms with Crippen LogP contribution >= 0.6 is 0 Å². The molecule has 4 rings (SSSR count). The maximum Gasteiger partial charge on any atom is 0.255 e. The predicted octanol–water partition coefficient (Wildman–Crippen LogP) is 5.35. The Morgan fingerprint density at radius 3 is 2.33 bits per heavy atom. The number of piperidine rings is 1. The van der Waals surface area contributed by atoms with Gasteiger partial charge in [0.15, 0.2) is 0 Å². The normalized spacial score (nSPS) is 16.2. The molecule has 154 valence electrons. The van der Waals surface area contributed by atoms with Gasteiger partial charge in [-0.15, -0.1) is 0 Å². The maximum atomic E-state index is 12.6. The van der Waals surface area contributed by atoms with Gasteiger partial charge in [-0.25, -0.2) is 0 Å². The highest BCUT2D eigenvalue weighted by atomic mass is 16.5. The number of carbonyl (C=O) groups is 1. The van der Waals surface area contributed by atoms with Crippen molar-refractivity contribution in [2.45, 2.75) is 18.9 Å². The molecule has 1 fully saturated rings. The molecular formula is C25H26N2O3. The largest absolute Gasteiger partial charge is 0.457 e. The van der Waals surface area contributed by atoms with E-state index in [0.717, 1.165) is 43.1 Å². The summed E-state index contributed by atoms with van der Waals surface area (Å²) in [6.07, 6.45) is 2.52. The lowest BCUT2D eigenvalue weighted by Crippen LogP contribution is -2.39. The van der Waals surface area contributed by atoms with Crippen LogP contribution in [-0.4, -0.2) is 32.2 Å². The molecule has 1 aliphatic heterocycles. The van der Waals surface area contributed by atoms with Crippen molar-refractivity contribution in [3.63, 3.8) is 0 Å². The Morgan fingerprint density at radius 2 is 1.63 bits per heavy atom. The van der Waals surface area contributed by atoms with Crippen molar-refractivity contribution in [2.24, 2.45) is 0 Å². The van der Waals surface area contributed by atoms with E-state index in [-0.39, 0.29) is 12.0 Å². The molecule has 1 unspecified atom stereocenters. The van der Waals surface area contributed by atoms with Gasteiger partial charge in [0.1, 0.15) is 11.5 Å². The number of ether oxygens (including phenoxy) is 2. The summed E-state index contributed by atoms with van der Waals surface area (Å²) in [6, 6.07) is 24.7. The highest BCUT2D eigenvalue weighted by Gasteiger charge is 2.19. The summed E-state index contributed by atoms with van der Waals surface area (Å²) in [7, 11) is 1.77. The standard InChI is InChI=1S/C25H26N2O3/c1-29-24-8-5-17-27(18-24)21-13-11-20(12-14-21)26-25(28)19-9-15-23(16-10-19)30-22-6-3-2-4-7-22/h2-4,6-7,9-16,24H,5,8,17-18H2,1H3,(H,26,28). The van der Waals surface area contributed by atoms with Crippen molar-refractivity contribution in [3.8, 4) is 11.5 Å². The van der Waals surface area contributed by atoms with Crippen LogP contribution in [0.2, 0.25) is 0 Å². The molecule has 0 bridgehead atoms. The third-order valence-corrected chi connectivity index (χ3v) is 5.30. The van der Waals surface area contributed by atoms with E-state index >= 15 is 0 Å². The van der Waals surface area contributed by atoms with Crippen LogP contribution in [0.3, 0.4) is 0 Å². The smallest absolute Gasteiger partial charge is 0.255 e. The summed E-state index contributed by atoms with van der Waals surface area (Å²) in [5, 5.41) is 2.95. The molecular weight excluding hydrogens is 376 g/mol. The number of amides is 1. The summed E-state index contributed by atoms with van der Waals surface area (Å²) < 4.78 is 11.3. The minimum atomic E-state index is -0.147. The number of rotatable bonds is 6. The zero-order chi connectivity index (χ0) is 20.8. The Morgan fingerprint density at radius 1 is 0.933 bits per heavy atom. The predicted molar refractivity (Wildman–Crippen MR) is 120 cm³/mol. The molecule has 0 radical (unpaired) electrons. The summed E-state index contributed by atoms with van der Waals surface area (Å²) in [6.45, 7) is 1.93. The molecule has 30 heavy (non-hydrogen) atoms. The third-order valence-electron chi connectivity index (χ3n) is 5.30. The Bertz CT molecular complexity index is 956. The van der Waals surface area contributed by atoms with Crippen LogP contribution in [0, 0.1) is 0 Å². The van der Waals surface area contributed by atoms with E-state index in [9.17, 15) is 4.79 Å². The summed E-state index contributed by atoms with van der Waals surface area (Å²) in [5.41, 5.74) is 2.50. The molecule has 0 spiro atoms. The second-order valence-corrected chi connectivity index (χ2v) is 7.39. The Kier molecular flexibility index (Phi) is 6.30. The van der Waals surface area contributed by atoms with Crippen LogP contribution < -0.4 is 15.0 Å². The molecule has 5 nitrogen and oxygen atoms in total. The topological polar surface area (TPSA) is 50.8 Å². The first-order valence-corrected chi connectivity index (χ1v) is 10.2. The molecule has 1 heterocycles. The molecule has 5 heteroatoms. The first-order valence-electron chi connectivity index (χ1n) is 10.2. The lowest BCUT2D eigenvalue weighted by Gasteiger charge is -2.33. The molecule has 1 amide bonds. The molecule has 0 aromatic heterocycles. The molecule has 0 aliphatic carbocycles. The van der Waals surface area contributed by atoms with Crippen LogP contribution in [-0.2, 0) is 4.74 Å². The fourth-order valence-electron chi connectivity index (χ4n) is 3.62. The minimum absolute atomic E-state index is 0.147. The van der Waals surface area contributed by atoms with Gasteiger partial charge in [0, 0.05) is 37.1 Å². The Balaban J connectivity index is 1.35. The van der Waals surface area contributed by atoms with Gasteiger partial charge >= 0.3 is 0 Å². The van der Waals surface area contributed by atoms with E-state index in [1.54, 1.807) is 31.4 Å². The second-order valence-electron chi connectivity index (χ2n) is 7.39. The van der Waals surface area contributed by atoms with Crippen LogP contribution in [0.5, 0.6) is 11.5 Å². The molecule has 1 N–H and O–H groups in total. The Hall–Kier alpha value is -3.31. The van der Waals surface area contributed by atoms with Crippen molar-refractivity contribution in [3.05, 3.63) is 84.4 Å². The fourth-order valence-corrected chi connectivity index (χ4v) is 3.62. The average molecular weight is 402 g/mol. The molecule has 1 atom stereocenters. The first kappa shape index (κ1) is 20.0. The summed E-state index contributed by atoms with van der Waals surface area (Å²) >= 11 is 0. The number of benzene rings is 3. The van der Waals surface area contributed by atoms with E-state index in [2.05, 4.69) is 10.2 Å². The Labute approximate surface area is 177 Å². The van der Waals surface area contributed by atoms with E-state index in [1.807, 2.05) is 54.6 Å². The van der Waals surface area contributed by atoms with E-state index in [1.165, 1.54) is 0 Å². The third kappa shape index (κ3) is 4.99. The molecule has 3 aromatic carbocycles. The minimum Gasteiger partial charge on any atom is -0.457 e. The van der Waals surface area contributed by atoms with Crippen LogP contribution in [0.15, 0.2) is 78.9 Å². The lowest BCUT2D eigenvalue weighted by atomic mass is 10.1. The van der Waals surface area contributed by atoms with Gasteiger partial charge in [0.2, 0.25) is 0 Å². The van der Waals surface area contributed by atoms with Gasteiger partial charge in [-0.3, -0.25) is 4.79 Å². The zero-order valence-corrected chi connectivity index (χ0v) is 17.1. The number of hydrogen-bond acceptors (Lipinski definition) is 4. The highest BCUT2D eigenvalue weighted by molar-refractivity contribution is 6.04. The van der Waals surface area contributed by atoms with Crippen molar-refractivity contribution >= 4 is 17.3 Å². The summed E-state index contributed by atoms with van der Waals surface area (Å²) in [4.78, 5) is 14.9. The molecule has 0 saturated carbocycles. The van der Waals surface area contributed by atoms with Crippen LogP contribution in [0.25, 0.3) is 0 Å². The number of nitrogens with one attached hydrogen (secondary N) is 1. The number of nitrogens with zero attached hydrogens (tertiary/aromatic N) is 1.